The number of carbonyl (C=O) groups excluding carboxylic acids is 1. The second kappa shape index (κ2) is 5.46. The molecule has 2 rings (SSSR count). The van der Waals surface area contributed by atoms with Crippen molar-refractivity contribution in [3.8, 4) is 0 Å². The molecule has 0 bridgehead atoms. The van der Waals surface area contributed by atoms with Gasteiger partial charge < -0.3 is 14.4 Å². The summed E-state index contributed by atoms with van der Waals surface area (Å²) in [6.07, 6.45) is 2.61. The van der Waals surface area contributed by atoms with E-state index in [1.54, 1.807) is 19.1 Å². The van der Waals surface area contributed by atoms with Crippen LogP contribution in [0.1, 0.15) is 17.7 Å². The third-order valence-electron chi connectivity index (χ3n) is 3.11. The number of nitrogens with zero attached hydrogens (tertiary/aromatic N) is 2. The number of amides is 1. The van der Waals surface area contributed by atoms with Gasteiger partial charge in [0.15, 0.2) is 6.29 Å². The average molecular weight is 250 g/mol. The number of aryl methyl sites for hydroxylation is 2. The summed E-state index contributed by atoms with van der Waals surface area (Å²) in [6.45, 7) is 2.36. The second-order valence-electron chi connectivity index (χ2n) is 4.38. The van der Waals surface area contributed by atoms with Crippen LogP contribution in [-0.2, 0) is 20.7 Å². The number of carbonyl (C=O) groups is 1. The predicted molar refractivity (Wildman–Crippen MR) is 67.5 cm³/mol. The van der Waals surface area contributed by atoms with Crippen molar-refractivity contribution < 1.29 is 14.3 Å². The molecular weight excluding hydrogens is 232 g/mol. The van der Waals surface area contributed by atoms with E-state index in [4.69, 9.17) is 9.47 Å². The highest BCUT2D eigenvalue weighted by molar-refractivity contribution is 5.96. The summed E-state index contributed by atoms with van der Waals surface area (Å²) in [5.74, 6) is 0.0917. The zero-order chi connectivity index (χ0) is 13.1. The Morgan fingerprint density at radius 1 is 1.39 bits per heavy atom. The molecule has 1 aromatic rings. The number of rotatable bonds is 4. The Bertz CT molecular complexity index is 444. The molecule has 0 saturated heterocycles. The van der Waals surface area contributed by atoms with Crippen LogP contribution in [0.4, 0.5) is 5.69 Å². The summed E-state index contributed by atoms with van der Waals surface area (Å²) in [5.41, 5.74) is 2.89. The van der Waals surface area contributed by atoms with E-state index in [-0.39, 0.29) is 5.91 Å². The smallest absolute Gasteiger partial charge is 0.227 e. The standard InChI is InChI=1S/C13H18N2O3/c1-9-6-11-10(14-7-9)4-5-12(16)15(11)8-13(17-2)18-3/h6-7,13H,4-5,8H2,1-3H3. The Morgan fingerprint density at radius 2 is 2.11 bits per heavy atom. The first-order valence-corrected chi connectivity index (χ1v) is 5.97. The van der Waals surface area contributed by atoms with Crippen LogP contribution in [0.5, 0.6) is 0 Å². The normalized spacial score (nSPS) is 15.1. The van der Waals surface area contributed by atoms with Gasteiger partial charge in [-0.25, -0.2) is 0 Å². The van der Waals surface area contributed by atoms with Gasteiger partial charge in [-0.2, -0.15) is 0 Å². The molecular formula is C13H18N2O3. The molecule has 1 aromatic heterocycles. The average Bonchev–Trinajstić information content (AvgIpc) is 2.38. The van der Waals surface area contributed by atoms with Gasteiger partial charge in [0.25, 0.3) is 0 Å². The number of ether oxygens (including phenoxy) is 2. The zero-order valence-corrected chi connectivity index (χ0v) is 11.0. The van der Waals surface area contributed by atoms with Crippen molar-refractivity contribution in [3.05, 3.63) is 23.5 Å². The van der Waals surface area contributed by atoms with Gasteiger partial charge in [0.2, 0.25) is 5.91 Å². The van der Waals surface area contributed by atoms with Crippen LogP contribution in [0.3, 0.4) is 0 Å². The largest absolute Gasteiger partial charge is 0.354 e. The maximum atomic E-state index is 12.0. The SMILES string of the molecule is COC(CN1C(=O)CCc2ncc(C)cc21)OC. The third kappa shape index (κ3) is 2.52. The van der Waals surface area contributed by atoms with Gasteiger partial charge in [-0.3, -0.25) is 9.78 Å². The van der Waals surface area contributed by atoms with E-state index in [9.17, 15) is 4.79 Å². The summed E-state index contributed by atoms with van der Waals surface area (Å²) in [4.78, 5) is 18.1. The van der Waals surface area contributed by atoms with E-state index >= 15 is 0 Å². The summed E-state index contributed by atoms with van der Waals surface area (Å²) in [6, 6.07) is 1.99. The van der Waals surface area contributed by atoms with E-state index in [1.165, 1.54) is 0 Å². The summed E-state index contributed by atoms with van der Waals surface area (Å²) in [5, 5.41) is 0. The fourth-order valence-corrected chi connectivity index (χ4v) is 2.10. The highest BCUT2D eigenvalue weighted by Gasteiger charge is 2.27. The van der Waals surface area contributed by atoms with Crippen molar-refractivity contribution in [1.82, 2.24) is 4.98 Å². The topological polar surface area (TPSA) is 51.7 Å². The summed E-state index contributed by atoms with van der Waals surface area (Å²) < 4.78 is 10.3. The fourth-order valence-electron chi connectivity index (χ4n) is 2.10. The zero-order valence-electron chi connectivity index (χ0n) is 11.0. The van der Waals surface area contributed by atoms with Crippen LogP contribution in [0.15, 0.2) is 12.3 Å². The van der Waals surface area contributed by atoms with E-state index < -0.39 is 6.29 Å². The van der Waals surface area contributed by atoms with Gasteiger partial charge >= 0.3 is 0 Å². The quantitative estimate of drug-likeness (QED) is 0.756. The lowest BCUT2D eigenvalue weighted by atomic mass is 10.1. The predicted octanol–water partition coefficient (Wildman–Crippen LogP) is 1.29. The van der Waals surface area contributed by atoms with Gasteiger partial charge in [0, 0.05) is 33.3 Å². The van der Waals surface area contributed by atoms with Gasteiger partial charge in [-0.15, -0.1) is 0 Å². The molecule has 0 atom stereocenters. The number of fused-ring (bicyclic) bond motifs is 1. The third-order valence-corrected chi connectivity index (χ3v) is 3.11. The van der Waals surface area contributed by atoms with Gasteiger partial charge in [-0.05, 0) is 18.6 Å². The van der Waals surface area contributed by atoms with Gasteiger partial charge in [0.05, 0.1) is 17.9 Å². The van der Waals surface area contributed by atoms with E-state index in [0.717, 1.165) is 16.9 Å². The number of methoxy groups -OCH3 is 2. The summed E-state index contributed by atoms with van der Waals surface area (Å²) >= 11 is 0. The molecule has 0 spiro atoms. The van der Waals surface area contributed by atoms with Gasteiger partial charge in [0.1, 0.15) is 0 Å². The number of aromatic nitrogens is 1. The number of hydrogen-bond acceptors (Lipinski definition) is 4. The minimum atomic E-state index is -0.416. The van der Waals surface area contributed by atoms with Crippen molar-refractivity contribution in [3.63, 3.8) is 0 Å². The number of hydrogen-bond donors (Lipinski definition) is 0. The van der Waals surface area contributed by atoms with Crippen molar-refractivity contribution in [2.45, 2.75) is 26.1 Å². The molecule has 2 heterocycles. The molecule has 0 fully saturated rings. The molecule has 1 amide bonds. The maximum absolute atomic E-state index is 12.0. The lowest BCUT2D eigenvalue weighted by Gasteiger charge is -2.31. The first-order chi connectivity index (χ1) is 8.65. The molecule has 1 aliphatic rings. The molecule has 0 saturated carbocycles. The first-order valence-electron chi connectivity index (χ1n) is 5.97. The lowest BCUT2D eigenvalue weighted by Crippen LogP contribution is -2.42. The van der Waals surface area contributed by atoms with Crippen LogP contribution in [0.25, 0.3) is 0 Å². The minimum Gasteiger partial charge on any atom is -0.354 e. The second-order valence-corrected chi connectivity index (χ2v) is 4.38. The Hall–Kier alpha value is -1.46. The molecule has 98 valence electrons. The number of pyridine rings is 1. The Kier molecular flexibility index (Phi) is 3.93. The molecule has 5 nitrogen and oxygen atoms in total. The molecule has 0 unspecified atom stereocenters. The van der Waals surface area contributed by atoms with Crippen LogP contribution in [0.2, 0.25) is 0 Å². The lowest BCUT2D eigenvalue weighted by molar-refractivity contribution is -0.123. The van der Waals surface area contributed by atoms with Crippen LogP contribution in [-0.4, -0.2) is 37.9 Å². The van der Waals surface area contributed by atoms with E-state index in [1.807, 2.05) is 19.2 Å². The Balaban J connectivity index is 2.29. The molecule has 1 aliphatic heterocycles. The molecule has 18 heavy (non-hydrogen) atoms. The molecule has 5 heteroatoms. The molecule has 0 radical (unpaired) electrons. The van der Waals surface area contributed by atoms with Crippen molar-refractivity contribution in [1.29, 1.82) is 0 Å². The van der Waals surface area contributed by atoms with E-state index in [2.05, 4.69) is 4.98 Å². The molecule has 0 aliphatic carbocycles. The monoisotopic (exact) mass is 250 g/mol. The number of anilines is 1. The van der Waals surface area contributed by atoms with E-state index in [0.29, 0.717) is 19.4 Å². The van der Waals surface area contributed by atoms with Crippen LogP contribution < -0.4 is 4.90 Å². The van der Waals surface area contributed by atoms with Crippen molar-refractivity contribution in [2.75, 3.05) is 25.7 Å². The summed E-state index contributed by atoms with van der Waals surface area (Å²) in [7, 11) is 3.13. The van der Waals surface area contributed by atoms with Crippen LogP contribution >= 0.6 is 0 Å². The Labute approximate surface area is 107 Å². The van der Waals surface area contributed by atoms with Crippen molar-refractivity contribution in [2.24, 2.45) is 0 Å². The molecule has 0 N–H and O–H groups in total. The first kappa shape index (κ1) is 13.0. The highest BCUT2D eigenvalue weighted by Crippen LogP contribution is 2.27. The maximum Gasteiger partial charge on any atom is 0.227 e. The van der Waals surface area contributed by atoms with Gasteiger partial charge in [-0.1, -0.05) is 0 Å². The minimum absolute atomic E-state index is 0.0917. The molecule has 0 aromatic carbocycles. The Morgan fingerprint density at radius 3 is 2.78 bits per heavy atom. The fraction of sp³-hybridized carbons (Fsp3) is 0.538. The highest BCUT2D eigenvalue weighted by atomic mass is 16.7. The van der Waals surface area contributed by atoms with Crippen LogP contribution in [0, 0.1) is 6.92 Å². The van der Waals surface area contributed by atoms with Crippen molar-refractivity contribution >= 4 is 11.6 Å².